The number of rotatable bonds is 4. The average molecular weight is 277 g/mol. The van der Waals surface area contributed by atoms with Crippen molar-refractivity contribution < 1.29 is 18.7 Å². The molecule has 1 heterocycles. The molecule has 1 aromatic carbocycles. The molecule has 0 radical (unpaired) electrons. The second kappa shape index (κ2) is 5.54. The molecular formula is C15H19NO4. The monoisotopic (exact) mass is 277 g/mol. The minimum Gasteiger partial charge on any atom is -0.497 e. The van der Waals surface area contributed by atoms with Gasteiger partial charge in [-0.2, -0.15) is 0 Å². The molecule has 0 spiro atoms. The fourth-order valence-corrected chi connectivity index (χ4v) is 1.84. The molecule has 0 aliphatic heterocycles. The number of nitrogens with zero attached hydrogens (tertiary/aromatic N) is 1. The van der Waals surface area contributed by atoms with Crippen LogP contribution >= 0.6 is 0 Å². The highest BCUT2D eigenvalue weighted by atomic mass is 16.6. The van der Waals surface area contributed by atoms with Crippen molar-refractivity contribution in [2.24, 2.45) is 0 Å². The number of carbonyl (C=O) groups is 1. The first kappa shape index (κ1) is 14.4. The number of benzene rings is 1. The van der Waals surface area contributed by atoms with E-state index in [0.29, 0.717) is 11.3 Å². The Morgan fingerprint density at radius 1 is 1.35 bits per heavy atom. The fraction of sp³-hybridized carbons (Fsp3) is 0.400. The van der Waals surface area contributed by atoms with Crippen LogP contribution in [0.3, 0.4) is 0 Å². The zero-order valence-electron chi connectivity index (χ0n) is 12.4. The second-order valence-corrected chi connectivity index (χ2v) is 4.89. The van der Waals surface area contributed by atoms with Gasteiger partial charge in [0.25, 0.3) is 0 Å². The maximum absolute atomic E-state index is 12.1. The molecule has 0 aliphatic carbocycles. The molecule has 5 nitrogen and oxygen atoms in total. The highest BCUT2D eigenvalue weighted by molar-refractivity contribution is 5.96. The van der Waals surface area contributed by atoms with Crippen molar-refractivity contribution in [1.82, 2.24) is 4.90 Å². The van der Waals surface area contributed by atoms with Crippen LogP contribution in [0.25, 0.3) is 11.0 Å². The number of esters is 1. The molecule has 1 aromatic heterocycles. The fourth-order valence-electron chi connectivity index (χ4n) is 1.84. The van der Waals surface area contributed by atoms with Crippen molar-refractivity contribution in [3.8, 4) is 5.75 Å². The lowest BCUT2D eigenvalue weighted by Crippen LogP contribution is -2.30. The van der Waals surface area contributed by atoms with E-state index in [1.54, 1.807) is 25.0 Å². The topological polar surface area (TPSA) is 51.9 Å². The highest BCUT2D eigenvalue weighted by Gasteiger charge is 2.21. The molecule has 0 amide bonds. The van der Waals surface area contributed by atoms with E-state index in [1.165, 1.54) is 0 Å². The van der Waals surface area contributed by atoms with Gasteiger partial charge in [-0.15, -0.1) is 0 Å². The molecule has 0 saturated heterocycles. The Morgan fingerprint density at radius 3 is 2.65 bits per heavy atom. The van der Waals surface area contributed by atoms with Crippen LogP contribution in [0.5, 0.6) is 5.75 Å². The second-order valence-electron chi connectivity index (χ2n) is 4.89. The molecule has 0 saturated carbocycles. The van der Waals surface area contributed by atoms with Crippen molar-refractivity contribution in [2.75, 3.05) is 21.2 Å². The lowest BCUT2D eigenvalue weighted by Gasteiger charge is -2.19. The van der Waals surface area contributed by atoms with E-state index in [0.717, 1.165) is 10.9 Å². The number of aryl methyl sites for hydroxylation is 1. The Balaban J connectivity index is 2.35. The molecule has 20 heavy (non-hydrogen) atoms. The van der Waals surface area contributed by atoms with E-state index >= 15 is 0 Å². The van der Waals surface area contributed by atoms with Crippen molar-refractivity contribution in [3.63, 3.8) is 0 Å². The molecule has 108 valence electrons. The number of hydrogen-bond donors (Lipinski definition) is 0. The molecule has 0 bridgehead atoms. The number of furan rings is 1. The maximum Gasteiger partial charge on any atom is 0.376 e. The van der Waals surface area contributed by atoms with Gasteiger partial charge in [-0.1, -0.05) is 0 Å². The first-order valence-electron chi connectivity index (χ1n) is 6.38. The van der Waals surface area contributed by atoms with E-state index in [4.69, 9.17) is 13.9 Å². The summed E-state index contributed by atoms with van der Waals surface area (Å²) in [6.07, 6.45) is -0.315. The van der Waals surface area contributed by atoms with Crippen LogP contribution in [0, 0.1) is 6.92 Å². The largest absolute Gasteiger partial charge is 0.497 e. The van der Waals surface area contributed by atoms with Gasteiger partial charge in [0.2, 0.25) is 5.76 Å². The number of fused-ring (bicyclic) bond motifs is 1. The summed E-state index contributed by atoms with van der Waals surface area (Å²) < 4.78 is 16.1. The predicted molar refractivity (Wildman–Crippen MR) is 76.1 cm³/mol. The lowest BCUT2D eigenvalue weighted by molar-refractivity contribution is -0.00827. The SMILES string of the molecule is COc1ccc2c(C)c(C(=O)OC(C)N(C)C)oc2c1. The van der Waals surface area contributed by atoms with Crippen molar-refractivity contribution in [2.45, 2.75) is 20.1 Å². The Bertz CT molecular complexity index is 630. The lowest BCUT2D eigenvalue weighted by atomic mass is 10.1. The van der Waals surface area contributed by atoms with Crippen molar-refractivity contribution >= 4 is 16.9 Å². The third-order valence-electron chi connectivity index (χ3n) is 3.34. The Hall–Kier alpha value is -2.01. The van der Waals surface area contributed by atoms with Gasteiger partial charge in [-0.05, 0) is 40.1 Å². The number of carbonyl (C=O) groups excluding carboxylic acids is 1. The molecule has 0 aliphatic rings. The van der Waals surface area contributed by atoms with Crippen LogP contribution in [0.15, 0.2) is 22.6 Å². The normalized spacial score (nSPS) is 12.7. The van der Waals surface area contributed by atoms with E-state index in [-0.39, 0.29) is 12.0 Å². The quantitative estimate of drug-likeness (QED) is 0.635. The van der Waals surface area contributed by atoms with Crippen LogP contribution in [0.2, 0.25) is 0 Å². The molecule has 1 atom stereocenters. The first-order valence-corrected chi connectivity index (χ1v) is 6.38. The first-order chi connectivity index (χ1) is 9.43. The third kappa shape index (κ3) is 2.63. The van der Waals surface area contributed by atoms with Gasteiger partial charge in [0.05, 0.1) is 7.11 Å². The average Bonchev–Trinajstić information content (AvgIpc) is 2.75. The Labute approximate surface area is 118 Å². The highest BCUT2D eigenvalue weighted by Crippen LogP contribution is 2.29. The van der Waals surface area contributed by atoms with Crippen molar-refractivity contribution in [1.29, 1.82) is 0 Å². The zero-order chi connectivity index (χ0) is 14.9. The van der Waals surface area contributed by atoms with Crippen LogP contribution in [0.1, 0.15) is 23.0 Å². The minimum absolute atomic E-state index is 0.238. The van der Waals surface area contributed by atoms with Crippen LogP contribution < -0.4 is 4.74 Å². The zero-order valence-corrected chi connectivity index (χ0v) is 12.4. The maximum atomic E-state index is 12.1. The summed E-state index contributed by atoms with van der Waals surface area (Å²) >= 11 is 0. The molecule has 2 aromatic rings. The van der Waals surface area contributed by atoms with Gasteiger partial charge in [0.15, 0.2) is 6.23 Å². The molecule has 1 unspecified atom stereocenters. The summed E-state index contributed by atoms with van der Waals surface area (Å²) in [5, 5.41) is 0.884. The van der Waals surface area contributed by atoms with Crippen LogP contribution in [-0.2, 0) is 4.74 Å². The van der Waals surface area contributed by atoms with Crippen LogP contribution in [0.4, 0.5) is 0 Å². The number of methoxy groups -OCH3 is 1. The third-order valence-corrected chi connectivity index (χ3v) is 3.34. The summed E-state index contributed by atoms with van der Waals surface area (Å²) in [6.45, 7) is 3.65. The summed E-state index contributed by atoms with van der Waals surface area (Å²) in [6, 6.07) is 5.47. The van der Waals surface area contributed by atoms with Gasteiger partial charge in [-0.3, -0.25) is 4.90 Å². The van der Waals surface area contributed by atoms with E-state index in [1.807, 2.05) is 33.2 Å². The summed E-state index contributed by atoms with van der Waals surface area (Å²) in [5.74, 6) is 0.466. The van der Waals surface area contributed by atoms with E-state index in [9.17, 15) is 4.79 Å². The molecular weight excluding hydrogens is 258 g/mol. The van der Waals surface area contributed by atoms with Gasteiger partial charge < -0.3 is 13.9 Å². The smallest absolute Gasteiger partial charge is 0.376 e. The van der Waals surface area contributed by atoms with Gasteiger partial charge in [0, 0.05) is 17.0 Å². The predicted octanol–water partition coefficient (Wildman–Crippen LogP) is 2.81. The Kier molecular flexibility index (Phi) is 3.99. The summed E-state index contributed by atoms with van der Waals surface area (Å²) in [7, 11) is 5.27. The van der Waals surface area contributed by atoms with Gasteiger partial charge in [-0.25, -0.2) is 4.79 Å². The molecule has 0 fully saturated rings. The van der Waals surface area contributed by atoms with E-state index in [2.05, 4.69) is 0 Å². The molecule has 0 N–H and O–H groups in total. The Morgan fingerprint density at radius 2 is 2.05 bits per heavy atom. The summed E-state index contributed by atoms with van der Waals surface area (Å²) in [4.78, 5) is 13.9. The van der Waals surface area contributed by atoms with Crippen LogP contribution in [-0.4, -0.2) is 38.3 Å². The van der Waals surface area contributed by atoms with Crippen molar-refractivity contribution in [3.05, 3.63) is 29.5 Å². The number of ether oxygens (including phenoxy) is 2. The molecule has 2 rings (SSSR count). The summed E-state index contributed by atoms with van der Waals surface area (Å²) in [5.41, 5.74) is 1.39. The van der Waals surface area contributed by atoms with Gasteiger partial charge in [0.1, 0.15) is 11.3 Å². The van der Waals surface area contributed by atoms with Gasteiger partial charge >= 0.3 is 5.97 Å². The van der Waals surface area contributed by atoms with E-state index < -0.39 is 5.97 Å². The standard InChI is InChI=1S/C15H19NO4/c1-9-12-7-6-11(18-5)8-13(12)20-14(9)15(17)19-10(2)16(3)4/h6-8,10H,1-5H3. The molecule has 5 heteroatoms. The number of hydrogen-bond acceptors (Lipinski definition) is 5. The minimum atomic E-state index is -0.459.